The Kier molecular flexibility index (Phi) is 4.15. The second kappa shape index (κ2) is 4.81. The van der Waals surface area contributed by atoms with Crippen molar-refractivity contribution in [2.45, 2.75) is 39.3 Å². The lowest BCUT2D eigenvalue weighted by atomic mass is 9.95. The van der Waals surface area contributed by atoms with E-state index in [0.717, 1.165) is 19.6 Å². The molecule has 1 atom stereocenters. The van der Waals surface area contributed by atoms with Gasteiger partial charge in [-0.25, -0.2) is 0 Å². The van der Waals surface area contributed by atoms with Crippen molar-refractivity contribution in [3.8, 4) is 0 Å². The fraction of sp³-hybridized carbons (Fsp3) is 1.00. The van der Waals surface area contributed by atoms with Crippen LogP contribution in [-0.4, -0.2) is 59.8 Å². The van der Waals surface area contributed by atoms with Gasteiger partial charge in [0.05, 0.1) is 6.61 Å². The van der Waals surface area contributed by atoms with Crippen LogP contribution in [0, 0.1) is 5.92 Å². The van der Waals surface area contributed by atoms with Gasteiger partial charge in [-0.1, -0.05) is 13.8 Å². The second-order valence-electron chi connectivity index (χ2n) is 5.86. The summed E-state index contributed by atoms with van der Waals surface area (Å²) in [5.74, 6) is 0.687. The van der Waals surface area contributed by atoms with Crippen LogP contribution in [0.15, 0.2) is 0 Å². The summed E-state index contributed by atoms with van der Waals surface area (Å²) in [5, 5.41) is 9.32. The average Bonchev–Trinajstić information content (AvgIpc) is 2.08. The van der Waals surface area contributed by atoms with Crippen LogP contribution < -0.4 is 0 Å². The van der Waals surface area contributed by atoms with E-state index < -0.39 is 0 Å². The molecule has 0 aliphatic carbocycles. The van der Waals surface area contributed by atoms with E-state index >= 15 is 0 Å². The van der Waals surface area contributed by atoms with Gasteiger partial charge in [0.2, 0.25) is 0 Å². The first-order chi connectivity index (χ1) is 6.86. The largest absolute Gasteiger partial charge is 0.395 e. The summed E-state index contributed by atoms with van der Waals surface area (Å²) in [5.41, 5.74) is 0.227. The molecule has 1 unspecified atom stereocenters. The molecular weight excluding hydrogens is 188 g/mol. The second-order valence-corrected chi connectivity index (χ2v) is 5.86. The van der Waals surface area contributed by atoms with Gasteiger partial charge in [-0.15, -0.1) is 0 Å². The molecule has 0 spiro atoms. The summed E-state index contributed by atoms with van der Waals surface area (Å²) < 4.78 is 0. The number of hydrogen-bond donors (Lipinski definition) is 1. The molecule has 0 aromatic carbocycles. The maximum Gasteiger partial charge on any atom is 0.0599 e. The van der Waals surface area contributed by atoms with Crippen LogP contribution in [-0.2, 0) is 0 Å². The first-order valence-electron chi connectivity index (χ1n) is 5.93. The van der Waals surface area contributed by atoms with E-state index in [2.05, 4.69) is 44.5 Å². The highest BCUT2D eigenvalue weighted by Crippen LogP contribution is 2.24. The molecule has 1 rings (SSSR count). The number of nitrogens with zero attached hydrogens (tertiary/aromatic N) is 2. The molecule has 0 saturated carbocycles. The number of rotatable bonds is 3. The third kappa shape index (κ3) is 3.16. The lowest BCUT2D eigenvalue weighted by Gasteiger charge is -2.50. The van der Waals surface area contributed by atoms with Crippen LogP contribution in [0.2, 0.25) is 0 Å². The summed E-state index contributed by atoms with van der Waals surface area (Å²) in [6.45, 7) is 12.5. The predicted molar refractivity (Wildman–Crippen MR) is 64.0 cm³/mol. The molecule has 1 aliphatic rings. The lowest BCUT2D eigenvalue weighted by Crippen LogP contribution is -2.63. The molecule has 90 valence electrons. The van der Waals surface area contributed by atoms with Crippen molar-refractivity contribution in [3.05, 3.63) is 0 Å². The first kappa shape index (κ1) is 12.9. The molecule has 0 bridgehead atoms. The standard InChI is InChI=1S/C12H26N2O/c1-10(2)6-14-7-11(8-15)13(5)9-12(14,3)4/h10-11,15H,6-9H2,1-5H3. The monoisotopic (exact) mass is 214 g/mol. The fourth-order valence-corrected chi connectivity index (χ4v) is 2.44. The molecule has 0 radical (unpaired) electrons. The Morgan fingerprint density at radius 3 is 2.47 bits per heavy atom. The van der Waals surface area contributed by atoms with Gasteiger partial charge in [0.15, 0.2) is 0 Å². The van der Waals surface area contributed by atoms with Gasteiger partial charge in [-0.3, -0.25) is 9.80 Å². The average molecular weight is 214 g/mol. The Morgan fingerprint density at radius 2 is 2.00 bits per heavy atom. The Morgan fingerprint density at radius 1 is 1.40 bits per heavy atom. The van der Waals surface area contributed by atoms with Crippen molar-refractivity contribution in [2.75, 3.05) is 33.3 Å². The van der Waals surface area contributed by atoms with Crippen molar-refractivity contribution in [3.63, 3.8) is 0 Å². The molecule has 0 aromatic heterocycles. The van der Waals surface area contributed by atoms with Crippen LogP contribution in [0.3, 0.4) is 0 Å². The minimum Gasteiger partial charge on any atom is -0.395 e. The van der Waals surface area contributed by atoms with E-state index in [-0.39, 0.29) is 12.1 Å². The van der Waals surface area contributed by atoms with E-state index in [9.17, 15) is 5.11 Å². The quantitative estimate of drug-likeness (QED) is 0.760. The molecule has 3 nitrogen and oxygen atoms in total. The van der Waals surface area contributed by atoms with Crippen molar-refractivity contribution in [1.82, 2.24) is 9.80 Å². The Hall–Kier alpha value is -0.120. The Labute approximate surface area is 94.1 Å². The number of likely N-dealkylation sites (N-methyl/N-ethyl adjacent to an activating group) is 1. The molecule has 0 amide bonds. The molecule has 15 heavy (non-hydrogen) atoms. The van der Waals surface area contributed by atoms with Gasteiger partial charge < -0.3 is 5.11 Å². The van der Waals surface area contributed by atoms with Crippen LogP contribution in [0.1, 0.15) is 27.7 Å². The van der Waals surface area contributed by atoms with Crippen LogP contribution >= 0.6 is 0 Å². The predicted octanol–water partition coefficient (Wildman–Crippen LogP) is 1.03. The number of piperazine rings is 1. The molecule has 1 saturated heterocycles. The van der Waals surface area contributed by atoms with E-state index in [0.29, 0.717) is 12.0 Å². The highest BCUT2D eigenvalue weighted by atomic mass is 16.3. The van der Waals surface area contributed by atoms with Gasteiger partial charge in [-0.2, -0.15) is 0 Å². The number of aliphatic hydroxyl groups excluding tert-OH is 1. The third-order valence-corrected chi connectivity index (χ3v) is 3.34. The van der Waals surface area contributed by atoms with E-state index in [1.54, 1.807) is 0 Å². The van der Waals surface area contributed by atoms with E-state index in [4.69, 9.17) is 0 Å². The molecule has 1 fully saturated rings. The molecule has 1 heterocycles. The van der Waals surface area contributed by atoms with Crippen molar-refractivity contribution >= 4 is 0 Å². The molecule has 1 aliphatic heterocycles. The highest BCUT2D eigenvalue weighted by Gasteiger charge is 2.36. The van der Waals surface area contributed by atoms with Crippen LogP contribution in [0.5, 0.6) is 0 Å². The Bertz CT molecular complexity index is 204. The number of hydrogen-bond acceptors (Lipinski definition) is 3. The minimum absolute atomic E-state index is 0.227. The highest BCUT2D eigenvalue weighted by molar-refractivity contribution is 4.93. The van der Waals surface area contributed by atoms with E-state index in [1.807, 2.05) is 0 Å². The van der Waals surface area contributed by atoms with Crippen molar-refractivity contribution < 1.29 is 5.11 Å². The van der Waals surface area contributed by atoms with Crippen LogP contribution in [0.25, 0.3) is 0 Å². The molecule has 1 N–H and O–H groups in total. The smallest absolute Gasteiger partial charge is 0.0599 e. The maximum atomic E-state index is 9.32. The van der Waals surface area contributed by atoms with Crippen LogP contribution in [0.4, 0.5) is 0 Å². The van der Waals surface area contributed by atoms with E-state index in [1.165, 1.54) is 0 Å². The SMILES string of the molecule is CC(C)CN1CC(CO)N(C)CC1(C)C. The summed E-state index contributed by atoms with van der Waals surface area (Å²) in [6, 6.07) is 0.303. The zero-order valence-electron chi connectivity index (χ0n) is 10.8. The van der Waals surface area contributed by atoms with Gasteiger partial charge in [0, 0.05) is 31.2 Å². The van der Waals surface area contributed by atoms with Gasteiger partial charge in [-0.05, 0) is 26.8 Å². The normalized spacial score (nSPS) is 28.6. The Balaban J connectivity index is 2.67. The fourth-order valence-electron chi connectivity index (χ4n) is 2.44. The van der Waals surface area contributed by atoms with Gasteiger partial charge in [0.1, 0.15) is 0 Å². The first-order valence-corrected chi connectivity index (χ1v) is 5.93. The zero-order valence-corrected chi connectivity index (χ0v) is 10.8. The van der Waals surface area contributed by atoms with Gasteiger partial charge in [0.25, 0.3) is 0 Å². The van der Waals surface area contributed by atoms with Crippen molar-refractivity contribution in [2.24, 2.45) is 5.92 Å². The zero-order chi connectivity index (χ0) is 11.6. The summed E-state index contributed by atoms with van der Waals surface area (Å²) in [7, 11) is 2.11. The maximum absolute atomic E-state index is 9.32. The molecule has 3 heteroatoms. The summed E-state index contributed by atoms with van der Waals surface area (Å²) in [4.78, 5) is 4.79. The number of aliphatic hydroxyl groups is 1. The molecule has 0 aromatic rings. The lowest BCUT2D eigenvalue weighted by molar-refractivity contribution is -0.0275. The third-order valence-electron chi connectivity index (χ3n) is 3.34. The molecular formula is C12H26N2O. The van der Waals surface area contributed by atoms with Gasteiger partial charge >= 0.3 is 0 Å². The van der Waals surface area contributed by atoms with Crippen molar-refractivity contribution in [1.29, 1.82) is 0 Å². The summed E-state index contributed by atoms with van der Waals surface area (Å²) >= 11 is 0. The summed E-state index contributed by atoms with van der Waals surface area (Å²) in [6.07, 6.45) is 0. The minimum atomic E-state index is 0.227. The topological polar surface area (TPSA) is 26.7 Å².